The van der Waals surface area contributed by atoms with Gasteiger partial charge in [-0.15, -0.1) is 11.3 Å². The second-order valence-corrected chi connectivity index (χ2v) is 4.52. The lowest BCUT2D eigenvalue weighted by atomic mass is 10.2. The summed E-state index contributed by atoms with van der Waals surface area (Å²) >= 11 is 1.59. The highest BCUT2D eigenvalue weighted by Gasteiger charge is 2.11. The van der Waals surface area contributed by atoms with Crippen LogP contribution in [0.15, 0.2) is 11.6 Å². The summed E-state index contributed by atoms with van der Waals surface area (Å²) < 4.78 is 5.32. The Labute approximate surface area is 105 Å². The molecule has 0 radical (unpaired) electrons. The van der Waals surface area contributed by atoms with Gasteiger partial charge >= 0.3 is 0 Å². The first-order chi connectivity index (χ1) is 8.26. The molecule has 5 nitrogen and oxygen atoms in total. The van der Waals surface area contributed by atoms with Crippen molar-refractivity contribution in [3.8, 4) is 0 Å². The molecule has 0 spiro atoms. The van der Waals surface area contributed by atoms with E-state index in [9.17, 15) is 4.79 Å². The molecule has 1 heterocycles. The summed E-state index contributed by atoms with van der Waals surface area (Å²) in [5.41, 5.74) is 5.50. The lowest BCUT2D eigenvalue weighted by Gasteiger charge is -2.14. The second-order valence-electron chi connectivity index (χ2n) is 3.54. The first kappa shape index (κ1) is 14.1. The molecule has 0 fully saturated rings. The molecule has 96 valence electrons. The van der Waals surface area contributed by atoms with E-state index < -0.39 is 0 Å². The molecule has 1 unspecified atom stereocenters. The summed E-state index contributed by atoms with van der Waals surface area (Å²) in [7, 11) is 0. The average Bonchev–Trinajstić information content (AvgIpc) is 2.81. The average molecular weight is 257 g/mol. The second kappa shape index (κ2) is 8.16. The van der Waals surface area contributed by atoms with Crippen molar-refractivity contribution in [1.29, 1.82) is 0 Å². The summed E-state index contributed by atoms with van der Waals surface area (Å²) in [6.45, 7) is 3.45. The van der Waals surface area contributed by atoms with Crippen LogP contribution >= 0.6 is 11.3 Å². The fourth-order valence-corrected chi connectivity index (χ4v) is 2.03. The van der Waals surface area contributed by atoms with Crippen LogP contribution in [-0.4, -0.2) is 36.7 Å². The summed E-state index contributed by atoms with van der Waals surface area (Å²) in [5.74, 6) is -0.0227. The zero-order valence-corrected chi connectivity index (χ0v) is 10.8. The molecular weight excluding hydrogens is 238 g/mol. The number of ether oxygens (including phenoxy) is 1. The third kappa shape index (κ3) is 5.76. The maximum absolute atomic E-state index is 11.6. The Hall–Kier alpha value is -0.980. The SMILES string of the molecule is CCOC(CN)CC(=O)NCCc1nccs1. The minimum atomic E-state index is -0.181. The van der Waals surface area contributed by atoms with E-state index in [1.807, 2.05) is 12.3 Å². The van der Waals surface area contributed by atoms with Crippen LogP contribution in [0.5, 0.6) is 0 Å². The molecule has 1 rings (SSSR count). The van der Waals surface area contributed by atoms with Crippen molar-refractivity contribution in [2.75, 3.05) is 19.7 Å². The van der Waals surface area contributed by atoms with Crippen molar-refractivity contribution in [2.24, 2.45) is 5.73 Å². The molecule has 1 amide bonds. The topological polar surface area (TPSA) is 77.2 Å². The van der Waals surface area contributed by atoms with Gasteiger partial charge in [-0.25, -0.2) is 4.98 Å². The smallest absolute Gasteiger partial charge is 0.222 e. The Balaban J connectivity index is 2.16. The van der Waals surface area contributed by atoms with E-state index in [2.05, 4.69) is 10.3 Å². The number of thiazole rings is 1. The quantitative estimate of drug-likeness (QED) is 0.713. The van der Waals surface area contributed by atoms with Gasteiger partial charge < -0.3 is 15.8 Å². The number of carbonyl (C=O) groups excluding carboxylic acids is 1. The number of nitrogens with one attached hydrogen (secondary N) is 1. The van der Waals surface area contributed by atoms with Crippen LogP contribution in [0, 0.1) is 0 Å². The molecule has 0 bridgehead atoms. The third-order valence-corrected chi connectivity index (χ3v) is 3.06. The molecule has 0 aliphatic heterocycles. The number of hydrogen-bond acceptors (Lipinski definition) is 5. The fourth-order valence-electron chi connectivity index (χ4n) is 1.41. The molecule has 0 saturated heterocycles. The lowest BCUT2D eigenvalue weighted by molar-refractivity contribution is -0.123. The molecule has 1 atom stereocenters. The maximum Gasteiger partial charge on any atom is 0.222 e. The summed E-state index contributed by atoms with van der Waals surface area (Å²) in [6, 6.07) is 0. The molecule has 0 aliphatic rings. The van der Waals surface area contributed by atoms with E-state index in [4.69, 9.17) is 10.5 Å². The zero-order valence-electron chi connectivity index (χ0n) is 10.0. The number of amides is 1. The molecule has 0 aromatic carbocycles. The highest BCUT2D eigenvalue weighted by molar-refractivity contribution is 7.09. The molecule has 0 saturated carbocycles. The Kier molecular flexibility index (Phi) is 6.76. The summed E-state index contributed by atoms with van der Waals surface area (Å²) in [5, 5.41) is 5.80. The minimum Gasteiger partial charge on any atom is -0.377 e. The molecular formula is C11H19N3O2S. The predicted molar refractivity (Wildman–Crippen MR) is 67.9 cm³/mol. The fraction of sp³-hybridized carbons (Fsp3) is 0.636. The van der Waals surface area contributed by atoms with Gasteiger partial charge in [0.1, 0.15) is 0 Å². The van der Waals surface area contributed by atoms with Crippen molar-refractivity contribution in [1.82, 2.24) is 10.3 Å². The number of hydrogen-bond donors (Lipinski definition) is 2. The van der Waals surface area contributed by atoms with Crippen LogP contribution in [0.3, 0.4) is 0 Å². The Morgan fingerprint density at radius 1 is 1.71 bits per heavy atom. The highest BCUT2D eigenvalue weighted by atomic mass is 32.1. The summed E-state index contributed by atoms with van der Waals surface area (Å²) in [6.07, 6.45) is 2.68. The van der Waals surface area contributed by atoms with Gasteiger partial charge in [-0.3, -0.25) is 4.79 Å². The van der Waals surface area contributed by atoms with Gasteiger partial charge in [0.25, 0.3) is 0 Å². The van der Waals surface area contributed by atoms with E-state index in [0.29, 0.717) is 26.1 Å². The first-order valence-electron chi connectivity index (χ1n) is 5.73. The first-order valence-corrected chi connectivity index (χ1v) is 6.61. The van der Waals surface area contributed by atoms with Crippen LogP contribution in [0.1, 0.15) is 18.4 Å². The third-order valence-electron chi connectivity index (χ3n) is 2.22. The van der Waals surface area contributed by atoms with Crippen molar-refractivity contribution in [2.45, 2.75) is 25.9 Å². The van der Waals surface area contributed by atoms with Gasteiger partial charge in [0.15, 0.2) is 0 Å². The Morgan fingerprint density at radius 2 is 2.53 bits per heavy atom. The Morgan fingerprint density at radius 3 is 3.12 bits per heavy atom. The van der Waals surface area contributed by atoms with Crippen molar-refractivity contribution >= 4 is 17.2 Å². The largest absolute Gasteiger partial charge is 0.377 e. The number of nitrogens with two attached hydrogens (primary N) is 1. The maximum atomic E-state index is 11.6. The van der Waals surface area contributed by atoms with Gasteiger partial charge in [0.05, 0.1) is 17.5 Å². The van der Waals surface area contributed by atoms with Crippen molar-refractivity contribution < 1.29 is 9.53 Å². The van der Waals surface area contributed by atoms with Gasteiger partial charge in [-0.1, -0.05) is 0 Å². The predicted octanol–water partition coefficient (Wildman–Crippen LogP) is 0.556. The van der Waals surface area contributed by atoms with E-state index in [1.165, 1.54) is 0 Å². The molecule has 17 heavy (non-hydrogen) atoms. The summed E-state index contributed by atoms with van der Waals surface area (Å²) in [4.78, 5) is 15.7. The van der Waals surface area contributed by atoms with Crippen LogP contribution in [0.4, 0.5) is 0 Å². The van der Waals surface area contributed by atoms with E-state index in [1.54, 1.807) is 17.5 Å². The van der Waals surface area contributed by atoms with Gasteiger partial charge in [0.2, 0.25) is 5.91 Å². The number of rotatable bonds is 8. The number of carbonyl (C=O) groups is 1. The van der Waals surface area contributed by atoms with Crippen LogP contribution in [-0.2, 0) is 16.0 Å². The van der Waals surface area contributed by atoms with E-state index in [-0.39, 0.29) is 12.0 Å². The van der Waals surface area contributed by atoms with Gasteiger partial charge in [0, 0.05) is 37.7 Å². The number of nitrogens with zero attached hydrogens (tertiary/aromatic N) is 1. The lowest BCUT2D eigenvalue weighted by Crippen LogP contribution is -2.33. The van der Waals surface area contributed by atoms with E-state index >= 15 is 0 Å². The molecule has 1 aromatic heterocycles. The monoisotopic (exact) mass is 257 g/mol. The number of aromatic nitrogens is 1. The molecule has 3 N–H and O–H groups in total. The van der Waals surface area contributed by atoms with Crippen molar-refractivity contribution in [3.05, 3.63) is 16.6 Å². The molecule has 0 aliphatic carbocycles. The van der Waals surface area contributed by atoms with Gasteiger partial charge in [-0.2, -0.15) is 0 Å². The highest BCUT2D eigenvalue weighted by Crippen LogP contribution is 2.03. The zero-order chi connectivity index (χ0) is 12.5. The standard InChI is InChI=1S/C11H19N3O2S/c1-2-16-9(8-12)7-10(15)13-4-3-11-14-5-6-17-11/h5-6,9H,2-4,7-8,12H2,1H3,(H,13,15). The van der Waals surface area contributed by atoms with Gasteiger partial charge in [-0.05, 0) is 6.92 Å². The minimum absolute atomic E-state index is 0.0227. The van der Waals surface area contributed by atoms with Crippen LogP contribution in [0.2, 0.25) is 0 Å². The van der Waals surface area contributed by atoms with Crippen LogP contribution < -0.4 is 11.1 Å². The van der Waals surface area contributed by atoms with Crippen molar-refractivity contribution in [3.63, 3.8) is 0 Å². The Bertz CT molecular complexity index is 317. The van der Waals surface area contributed by atoms with E-state index in [0.717, 1.165) is 11.4 Å². The van der Waals surface area contributed by atoms with Crippen LogP contribution in [0.25, 0.3) is 0 Å². The molecule has 1 aromatic rings. The molecule has 6 heteroatoms. The normalized spacial score (nSPS) is 12.4.